The Bertz CT molecular complexity index is 1100. The Hall–Kier alpha value is -3.32. The van der Waals surface area contributed by atoms with E-state index >= 15 is 0 Å². The molecule has 0 saturated carbocycles. The molecule has 0 heterocycles. The van der Waals surface area contributed by atoms with Crippen molar-refractivity contribution >= 4 is 27.3 Å². The smallest absolute Gasteiger partial charge is 0.264 e. The minimum Gasteiger partial charge on any atom is -0.495 e. The summed E-state index contributed by atoms with van der Waals surface area (Å²) in [5.74, 6) is 0.0224. The predicted molar refractivity (Wildman–Crippen MR) is 118 cm³/mol. The van der Waals surface area contributed by atoms with Crippen LogP contribution in [0.1, 0.15) is 12.5 Å². The van der Waals surface area contributed by atoms with Gasteiger partial charge in [0.2, 0.25) is 5.91 Å². The zero-order valence-corrected chi connectivity index (χ0v) is 17.7. The fraction of sp³-hybridized carbons (Fsp3) is 0.174. The topological polar surface area (TPSA) is 75.7 Å². The van der Waals surface area contributed by atoms with E-state index in [1.165, 1.54) is 19.2 Å². The average molecular weight is 425 g/mol. The van der Waals surface area contributed by atoms with Crippen molar-refractivity contribution < 1.29 is 17.9 Å². The highest BCUT2D eigenvalue weighted by molar-refractivity contribution is 7.92. The second-order valence-corrected chi connectivity index (χ2v) is 8.46. The van der Waals surface area contributed by atoms with Crippen molar-refractivity contribution in [3.63, 3.8) is 0 Å². The van der Waals surface area contributed by atoms with Crippen LogP contribution in [0.5, 0.6) is 5.75 Å². The van der Waals surface area contributed by atoms with Crippen molar-refractivity contribution in [1.82, 2.24) is 0 Å². The molecule has 0 bridgehead atoms. The van der Waals surface area contributed by atoms with Crippen molar-refractivity contribution in [2.75, 3.05) is 23.3 Å². The van der Waals surface area contributed by atoms with E-state index in [4.69, 9.17) is 4.74 Å². The van der Waals surface area contributed by atoms with Crippen LogP contribution in [-0.4, -0.2) is 28.0 Å². The van der Waals surface area contributed by atoms with Gasteiger partial charge in [-0.1, -0.05) is 49.4 Å². The monoisotopic (exact) mass is 424 g/mol. The normalized spacial score (nSPS) is 11.0. The van der Waals surface area contributed by atoms with E-state index in [-0.39, 0.29) is 11.4 Å². The van der Waals surface area contributed by atoms with Gasteiger partial charge < -0.3 is 10.1 Å². The van der Waals surface area contributed by atoms with E-state index in [2.05, 4.69) is 5.32 Å². The lowest BCUT2D eigenvalue weighted by Gasteiger charge is -2.24. The third-order valence-corrected chi connectivity index (χ3v) is 6.42. The Balaban J connectivity index is 1.94. The van der Waals surface area contributed by atoms with Crippen LogP contribution in [0.2, 0.25) is 0 Å². The number of nitrogens with one attached hydrogen (secondary N) is 1. The molecule has 0 fully saturated rings. The number of carbonyl (C=O) groups excluding carboxylic acids is 1. The lowest BCUT2D eigenvalue weighted by atomic mass is 10.1. The molecule has 6 nitrogen and oxygen atoms in total. The second-order valence-electron chi connectivity index (χ2n) is 6.59. The summed E-state index contributed by atoms with van der Waals surface area (Å²) >= 11 is 0. The first kappa shape index (κ1) is 21.4. The lowest BCUT2D eigenvalue weighted by molar-refractivity contribution is -0.114. The molecule has 156 valence electrons. The van der Waals surface area contributed by atoms with Crippen molar-refractivity contribution in [3.05, 3.63) is 84.4 Å². The van der Waals surface area contributed by atoms with Crippen LogP contribution in [0.25, 0.3) is 0 Å². The number of rotatable bonds is 8. The fourth-order valence-corrected chi connectivity index (χ4v) is 4.44. The maximum atomic E-state index is 13.3. The number of sulfonamides is 1. The summed E-state index contributed by atoms with van der Waals surface area (Å²) in [4.78, 5) is 12.9. The van der Waals surface area contributed by atoms with Crippen LogP contribution < -0.4 is 14.4 Å². The lowest BCUT2D eigenvalue weighted by Crippen LogP contribution is -2.38. The summed E-state index contributed by atoms with van der Waals surface area (Å²) in [6, 6.07) is 22.2. The van der Waals surface area contributed by atoms with Crippen LogP contribution in [-0.2, 0) is 21.2 Å². The van der Waals surface area contributed by atoms with E-state index in [0.717, 1.165) is 16.3 Å². The summed E-state index contributed by atoms with van der Waals surface area (Å²) in [7, 11) is -2.43. The van der Waals surface area contributed by atoms with Crippen LogP contribution in [0.4, 0.5) is 11.4 Å². The number of amides is 1. The van der Waals surface area contributed by atoms with Gasteiger partial charge in [0.05, 0.1) is 23.4 Å². The molecule has 0 aliphatic carbocycles. The molecule has 3 aromatic rings. The molecule has 0 saturated heterocycles. The van der Waals surface area contributed by atoms with Gasteiger partial charge in [0.15, 0.2) is 0 Å². The van der Waals surface area contributed by atoms with Crippen LogP contribution in [0.3, 0.4) is 0 Å². The molecule has 0 aliphatic rings. The predicted octanol–water partition coefficient (Wildman–Crippen LogP) is 4.09. The SMILES string of the molecule is CCc1ccc(N(CC(=O)Nc2ccccc2OC)S(=O)(=O)c2ccccc2)cc1. The van der Waals surface area contributed by atoms with Gasteiger partial charge in [-0.2, -0.15) is 0 Å². The second kappa shape index (κ2) is 9.45. The van der Waals surface area contributed by atoms with Gasteiger partial charge in [0, 0.05) is 0 Å². The highest BCUT2D eigenvalue weighted by Gasteiger charge is 2.27. The van der Waals surface area contributed by atoms with E-state index in [1.54, 1.807) is 54.6 Å². The molecular weight excluding hydrogens is 400 g/mol. The average Bonchev–Trinajstić information content (AvgIpc) is 2.78. The third-order valence-electron chi connectivity index (χ3n) is 4.63. The number of aryl methyl sites for hydroxylation is 1. The largest absolute Gasteiger partial charge is 0.495 e. The number of para-hydroxylation sites is 2. The van der Waals surface area contributed by atoms with Gasteiger partial charge in [-0.15, -0.1) is 0 Å². The minimum atomic E-state index is -3.94. The quantitative estimate of drug-likeness (QED) is 0.591. The van der Waals surface area contributed by atoms with Crippen LogP contribution in [0.15, 0.2) is 83.8 Å². The third kappa shape index (κ3) is 4.80. The summed E-state index contributed by atoms with van der Waals surface area (Å²) in [6.45, 7) is 1.65. The van der Waals surface area contributed by atoms with Gasteiger partial charge in [-0.05, 0) is 48.4 Å². The summed E-state index contributed by atoms with van der Waals surface area (Å²) in [6.07, 6.45) is 0.833. The molecule has 30 heavy (non-hydrogen) atoms. The summed E-state index contributed by atoms with van der Waals surface area (Å²) in [5.41, 5.74) is 1.98. The molecule has 0 atom stereocenters. The molecule has 0 radical (unpaired) electrons. The number of carbonyl (C=O) groups is 1. The van der Waals surface area contributed by atoms with Crippen molar-refractivity contribution in [2.45, 2.75) is 18.2 Å². The van der Waals surface area contributed by atoms with Crippen molar-refractivity contribution in [2.24, 2.45) is 0 Å². The van der Waals surface area contributed by atoms with E-state index in [1.807, 2.05) is 19.1 Å². The first-order valence-electron chi connectivity index (χ1n) is 9.55. The Morgan fingerprint density at radius 1 is 0.933 bits per heavy atom. The zero-order chi connectivity index (χ0) is 21.6. The first-order valence-corrected chi connectivity index (χ1v) is 11.0. The van der Waals surface area contributed by atoms with Gasteiger partial charge in [-0.3, -0.25) is 9.10 Å². The van der Waals surface area contributed by atoms with E-state index in [0.29, 0.717) is 17.1 Å². The molecule has 0 spiro atoms. The highest BCUT2D eigenvalue weighted by atomic mass is 32.2. The number of nitrogens with zero attached hydrogens (tertiary/aromatic N) is 1. The van der Waals surface area contributed by atoms with Crippen LogP contribution >= 0.6 is 0 Å². The standard InChI is InChI=1S/C23H24N2O4S/c1-3-18-13-15-19(16-14-18)25(30(27,28)20-9-5-4-6-10-20)17-23(26)24-21-11-7-8-12-22(21)29-2/h4-16H,3,17H2,1-2H3,(H,24,26). The number of anilines is 2. The van der Waals surface area contributed by atoms with Crippen molar-refractivity contribution in [1.29, 1.82) is 0 Å². The zero-order valence-electron chi connectivity index (χ0n) is 16.9. The number of ether oxygens (including phenoxy) is 1. The maximum absolute atomic E-state index is 13.3. The Kier molecular flexibility index (Phi) is 6.74. The molecule has 0 aliphatic heterocycles. The Morgan fingerprint density at radius 2 is 1.57 bits per heavy atom. The minimum absolute atomic E-state index is 0.120. The first-order chi connectivity index (χ1) is 14.5. The Labute approximate surface area is 177 Å². The molecular formula is C23H24N2O4S. The fourth-order valence-electron chi connectivity index (χ4n) is 3.00. The highest BCUT2D eigenvalue weighted by Crippen LogP contribution is 2.26. The van der Waals surface area contributed by atoms with Gasteiger partial charge >= 0.3 is 0 Å². The molecule has 3 aromatic carbocycles. The number of benzene rings is 3. The Morgan fingerprint density at radius 3 is 2.20 bits per heavy atom. The number of hydrogen-bond acceptors (Lipinski definition) is 4. The molecule has 1 N–H and O–H groups in total. The number of hydrogen-bond donors (Lipinski definition) is 1. The molecule has 0 aromatic heterocycles. The molecule has 1 amide bonds. The summed E-state index contributed by atoms with van der Waals surface area (Å²) < 4.78 is 33.0. The summed E-state index contributed by atoms with van der Waals surface area (Å²) in [5, 5.41) is 2.74. The molecule has 3 rings (SSSR count). The van der Waals surface area contributed by atoms with E-state index in [9.17, 15) is 13.2 Å². The maximum Gasteiger partial charge on any atom is 0.264 e. The van der Waals surface area contributed by atoms with Gasteiger partial charge in [0.1, 0.15) is 12.3 Å². The number of methoxy groups -OCH3 is 1. The van der Waals surface area contributed by atoms with Gasteiger partial charge in [-0.25, -0.2) is 8.42 Å². The van der Waals surface area contributed by atoms with Crippen molar-refractivity contribution in [3.8, 4) is 5.75 Å². The molecule has 7 heteroatoms. The van der Waals surface area contributed by atoms with Gasteiger partial charge in [0.25, 0.3) is 10.0 Å². The van der Waals surface area contributed by atoms with Crippen LogP contribution in [0, 0.1) is 0 Å². The van der Waals surface area contributed by atoms with E-state index < -0.39 is 15.9 Å². The molecule has 0 unspecified atom stereocenters.